The van der Waals surface area contributed by atoms with Crippen LogP contribution in [0.5, 0.6) is 0 Å². The number of fused-ring (bicyclic) bond motifs is 1. The first kappa shape index (κ1) is 18.5. The number of carbonyl (C=O) groups excluding carboxylic acids is 1. The fraction of sp³-hybridized carbons (Fsp3) is 0.588. The summed E-state index contributed by atoms with van der Waals surface area (Å²) < 4.78 is 45.1. The Bertz CT molecular complexity index is 637. The van der Waals surface area contributed by atoms with Gasteiger partial charge in [0.25, 0.3) is 0 Å². The molecule has 2 unspecified atom stereocenters. The molecule has 1 saturated carbocycles. The molecule has 0 spiro atoms. The van der Waals surface area contributed by atoms with Crippen LogP contribution in [0.4, 0.5) is 18.9 Å². The Balaban J connectivity index is 1.71. The van der Waals surface area contributed by atoms with Crippen LogP contribution in [-0.4, -0.2) is 42.6 Å². The number of nitrogens with one attached hydrogen (secondary N) is 1. The molecule has 1 aromatic rings. The number of hydrogen-bond donors (Lipinski definition) is 1. The van der Waals surface area contributed by atoms with Gasteiger partial charge in [-0.25, -0.2) is 0 Å². The number of ether oxygens (including phenoxy) is 1. The van der Waals surface area contributed by atoms with Crippen molar-refractivity contribution < 1.29 is 22.7 Å². The maximum atomic E-state index is 13.1. The second-order valence-corrected chi connectivity index (χ2v) is 6.85. The molecule has 25 heavy (non-hydrogen) atoms. The van der Waals surface area contributed by atoms with Crippen molar-refractivity contribution in [3.8, 4) is 0 Å². The normalized spacial score (nSPS) is 24.6. The van der Waals surface area contributed by atoms with Crippen molar-refractivity contribution >= 4 is 23.2 Å². The van der Waals surface area contributed by atoms with Gasteiger partial charge in [-0.15, -0.1) is 0 Å². The number of amides is 1. The molecule has 0 aromatic heterocycles. The maximum absolute atomic E-state index is 13.1. The molecule has 1 amide bonds. The topological polar surface area (TPSA) is 41.6 Å². The van der Waals surface area contributed by atoms with Gasteiger partial charge in [-0.2, -0.15) is 13.2 Å². The minimum absolute atomic E-state index is 0.0348. The molecule has 1 heterocycles. The SMILES string of the molecule is O=C(CN1CCOC2CCCCC21)Nc1c(Cl)cccc1C(F)(F)F. The van der Waals surface area contributed by atoms with Crippen molar-refractivity contribution in [2.24, 2.45) is 0 Å². The van der Waals surface area contributed by atoms with Gasteiger partial charge in [0.1, 0.15) is 0 Å². The van der Waals surface area contributed by atoms with Gasteiger partial charge in [-0.3, -0.25) is 9.69 Å². The molecule has 1 aliphatic heterocycles. The summed E-state index contributed by atoms with van der Waals surface area (Å²) >= 11 is 5.88. The van der Waals surface area contributed by atoms with Gasteiger partial charge < -0.3 is 10.1 Å². The number of benzene rings is 1. The fourth-order valence-electron chi connectivity index (χ4n) is 3.62. The smallest absolute Gasteiger partial charge is 0.375 e. The first-order valence-corrected chi connectivity index (χ1v) is 8.75. The van der Waals surface area contributed by atoms with Crippen molar-refractivity contribution in [1.29, 1.82) is 0 Å². The number of rotatable bonds is 3. The molecule has 0 bridgehead atoms. The van der Waals surface area contributed by atoms with E-state index in [0.29, 0.717) is 13.2 Å². The molecule has 1 N–H and O–H groups in total. The van der Waals surface area contributed by atoms with E-state index in [2.05, 4.69) is 5.32 Å². The minimum atomic E-state index is -4.58. The van der Waals surface area contributed by atoms with Gasteiger partial charge in [0.05, 0.1) is 35.5 Å². The van der Waals surface area contributed by atoms with Crippen LogP contribution in [0.3, 0.4) is 0 Å². The number of nitrogens with zero attached hydrogens (tertiary/aromatic N) is 1. The Kier molecular flexibility index (Phi) is 5.55. The van der Waals surface area contributed by atoms with Gasteiger partial charge in [0, 0.05) is 12.6 Å². The van der Waals surface area contributed by atoms with Crippen LogP contribution in [0.25, 0.3) is 0 Å². The number of hydrogen-bond acceptors (Lipinski definition) is 3. The zero-order chi connectivity index (χ0) is 18.0. The van der Waals surface area contributed by atoms with Gasteiger partial charge in [-0.1, -0.05) is 30.5 Å². The summed E-state index contributed by atoms with van der Waals surface area (Å²) in [6.07, 6.45) is -0.382. The van der Waals surface area contributed by atoms with Gasteiger partial charge in [-0.05, 0) is 25.0 Å². The molecule has 8 heteroatoms. The quantitative estimate of drug-likeness (QED) is 0.868. The molecular weight excluding hydrogens is 357 g/mol. The lowest BCUT2D eigenvalue weighted by Crippen LogP contribution is -2.54. The van der Waals surface area contributed by atoms with Crippen molar-refractivity contribution in [3.05, 3.63) is 28.8 Å². The van der Waals surface area contributed by atoms with Crippen molar-refractivity contribution in [2.45, 2.75) is 44.0 Å². The average Bonchev–Trinajstić information content (AvgIpc) is 2.56. The minimum Gasteiger partial charge on any atom is -0.375 e. The zero-order valence-corrected chi connectivity index (χ0v) is 14.4. The van der Waals surface area contributed by atoms with Crippen molar-refractivity contribution in [3.63, 3.8) is 0 Å². The lowest BCUT2D eigenvalue weighted by molar-refractivity contribution is -0.137. The number of para-hydroxylation sites is 1. The van der Waals surface area contributed by atoms with E-state index in [0.717, 1.165) is 31.7 Å². The van der Waals surface area contributed by atoms with Crippen LogP contribution in [0.2, 0.25) is 5.02 Å². The Morgan fingerprint density at radius 3 is 2.84 bits per heavy atom. The highest BCUT2D eigenvalue weighted by Crippen LogP contribution is 2.38. The first-order valence-electron chi connectivity index (χ1n) is 8.37. The van der Waals surface area contributed by atoms with Crippen LogP contribution in [0.1, 0.15) is 31.2 Å². The van der Waals surface area contributed by atoms with Crippen molar-refractivity contribution in [2.75, 3.05) is 25.0 Å². The third-order valence-electron chi connectivity index (χ3n) is 4.78. The predicted molar refractivity (Wildman–Crippen MR) is 88.7 cm³/mol. The Hall–Kier alpha value is -1.31. The molecular formula is C17H20ClF3N2O2. The van der Waals surface area contributed by atoms with Crippen LogP contribution in [-0.2, 0) is 15.7 Å². The highest BCUT2D eigenvalue weighted by atomic mass is 35.5. The fourth-order valence-corrected chi connectivity index (χ4v) is 3.85. The second-order valence-electron chi connectivity index (χ2n) is 6.44. The molecule has 0 radical (unpaired) electrons. The van der Waals surface area contributed by atoms with Crippen LogP contribution in [0, 0.1) is 0 Å². The summed E-state index contributed by atoms with van der Waals surface area (Å²) in [6, 6.07) is 3.61. The Morgan fingerprint density at radius 2 is 2.08 bits per heavy atom. The lowest BCUT2D eigenvalue weighted by Gasteiger charge is -2.43. The van der Waals surface area contributed by atoms with Gasteiger partial charge >= 0.3 is 6.18 Å². The Labute approximate surface area is 149 Å². The molecule has 2 atom stereocenters. The van der Waals surface area contributed by atoms with Crippen LogP contribution >= 0.6 is 11.6 Å². The lowest BCUT2D eigenvalue weighted by atomic mass is 9.90. The van der Waals surface area contributed by atoms with Gasteiger partial charge in [0.15, 0.2) is 0 Å². The van der Waals surface area contributed by atoms with E-state index >= 15 is 0 Å². The first-order chi connectivity index (χ1) is 11.9. The van der Waals surface area contributed by atoms with E-state index in [9.17, 15) is 18.0 Å². The van der Waals surface area contributed by atoms with Crippen LogP contribution < -0.4 is 5.32 Å². The number of halogens is 4. The average molecular weight is 377 g/mol. The van der Waals surface area contributed by atoms with E-state index < -0.39 is 17.6 Å². The maximum Gasteiger partial charge on any atom is 0.418 e. The summed E-state index contributed by atoms with van der Waals surface area (Å²) in [6.45, 7) is 1.17. The number of morpholine rings is 1. The van der Waals surface area contributed by atoms with E-state index in [1.54, 1.807) is 0 Å². The number of anilines is 1. The molecule has 1 saturated heterocycles. The van der Waals surface area contributed by atoms with Crippen LogP contribution in [0.15, 0.2) is 18.2 Å². The molecule has 1 aliphatic carbocycles. The van der Waals surface area contributed by atoms with E-state index in [1.165, 1.54) is 12.1 Å². The van der Waals surface area contributed by atoms with Gasteiger partial charge in [0.2, 0.25) is 5.91 Å². The monoisotopic (exact) mass is 376 g/mol. The highest BCUT2D eigenvalue weighted by Gasteiger charge is 2.37. The summed E-state index contributed by atoms with van der Waals surface area (Å²) in [4.78, 5) is 14.4. The molecule has 3 rings (SSSR count). The largest absolute Gasteiger partial charge is 0.418 e. The number of carbonyl (C=O) groups is 1. The molecule has 4 nitrogen and oxygen atoms in total. The summed E-state index contributed by atoms with van der Waals surface area (Å²) in [7, 11) is 0. The standard InChI is InChI=1S/C17H20ClF3N2O2/c18-12-5-3-4-11(17(19,20)21)16(12)22-15(24)10-23-8-9-25-14-7-2-1-6-13(14)23/h3-5,13-14H,1-2,6-10H2,(H,22,24). The van der Waals surface area contributed by atoms with E-state index in [1.807, 2.05) is 4.90 Å². The summed E-state index contributed by atoms with van der Waals surface area (Å²) in [5.74, 6) is -0.496. The summed E-state index contributed by atoms with van der Waals surface area (Å²) in [5, 5.41) is 2.23. The van der Waals surface area contributed by atoms with E-state index in [4.69, 9.17) is 16.3 Å². The zero-order valence-electron chi connectivity index (χ0n) is 13.6. The molecule has 2 fully saturated rings. The Morgan fingerprint density at radius 1 is 1.32 bits per heavy atom. The van der Waals surface area contributed by atoms with E-state index in [-0.39, 0.29) is 29.4 Å². The molecule has 2 aliphatic rings. The summed E-state index contributed by atoms with van der Waals surface area (Å²) in [5.41, 5.74) is -1.32. The highest BCUT2D eigenvalue weighted by molar-refractivity contribution is 6.34. The predicted octanol–water partition coefficient (Wildman–Crippen LogP) is 3.94. The third-order valence-corrected chi connectivity index (χ3v) is 5.09. The third kappa shape index (κ3) is 4.27. The molecule has 1 aromatic carbocycles. The molecule has 138 valence electrons. The second kappa shape index (κ2) is 7.51. The number of alkyl halides is 3. The van der Waals surface area contributed by atoms with Crippen molar-refractivity contribution in [1.82, 2.24) is 4.90 Å².